The zero-order valence-corrected chi connectivity index (χ0v) is 33.1. The third-order valence-electron chi connectivity index (χ3n) is 8.07. The van der Waals surface area contributed by atoms with Crippen LogP contribution in [0.1, 0.15) is 79.8 Å². The number of hydrogen-bond acceptors (Lipinski definition) is 11. The molecule has 1 heterocycles. The highest BCUT2D eigenvalue weighted by Gasteiger charge is 2.32. The molecule has 21 heteroatoms. The van der Waals surface area contributed by atoms with Crippen molar-refractivity contribution in [2.75, 3.05) is 13.1 Å². The number of H-pyrrole nitrogens is 1. The molecule has 1 aromatic rings. The fourth-order valence-corrected chi connectivity index (χ4v) is 5.31. The van der Waals surface area contributed by atoms with Crippen molar-refractivity contribution < 1.29 is 43.5 Å². The number of amides is 7. The van der Waals surface area contributed by atoms with Gasteiger partial charge in [0, 0.05) is 31.8 Å². The Kier molecular flexibility index (Phi) is 21.4. The molecule has 0 aliphatic heterocycles. The number of rotatable bonds is 25. The first kappa shape index (κ1) is 48.4. The number of nitrogens with one attached hydrogen (secondary N) is 8. The van der Waals surface area contributed by atoms with Gasteiger partial charge < -0.3 is 63.6 Å². The van der Waals surface area contributed by atoms with Crippen LogP contribution in [0.5, 0.6) is 0 Å². The van der Waals surface area contributed by atoms with Gasteiger partial charge >= 0.3 is 0 Å². The number of carbonyl (C=O) groups excluding carboxylic acids is 8. The topological polar surface area (TPSA) is 334 Å². The lowest BCUT2D eigenvalue weighted by Gasteiger charge is -2.26. The highest BCUT2D eigenvalue weighted by Crippen LogP contribution is 2.09. The third kappa shape index (κ3) is 19.1. The van der Waals surface area contributed by atoms with E-state index in [1.807, 2.05) is 27.7 Å². The van der Waals surface area contributed by atoms with Crippen LogP contribution < -0.4 is 48.7 Å². The van der Waals surface area contributed by atoms with Gasteiger partial charge in [-0.2, -0.15) is 0 Å². The molecule has 7 atom stereocenters. The summed E-state index contributed by atoms with van der Waals surface area (Å²) >= 11 is 0. The molecule has 0 aliphatic rings. The van der Waals surface area contributed by atoms with Gasteiger partial charge in [-0.15, -0.1) is 0 Å². The summed E-state index contributed by atoms with van der Waals surface area (Å²) in [4.78, 5) is 113. The summed E-state index contributed by atoms with van der Waals surface area (Å²) in [5.74, 6) is -5.18. The summed E-state index contributed by atoms with van der Waals surface area (Å²) in [7, 11) is 0. The number of carbonyl (C=O) groups is 8. The first-order chi connectivity index (χ1) is 26.2. The van der Waals surface area contributed by atoms with Gasteiger partial charge in [0.05, 0.1) is 25.0 Å². The monoisotopic (exact) mass is 792 g/mol. The van der Waals surface area contributed by atoms with Gasteiger partial charge in [-0.3, -0.25) is 38.6 Å². The van der Waals surface area contributed by atoms with Crippen LogP contribution in [0.15, 0.2) is 17.5 Å². The van der Waals surface area contributed by atoms with Crippen molar-refractivity contribution in [3.63, 3.8) is 0 Å². The zero-order chi connectivity index (χ0) is 42.5. The van der Waals surface area contributed by atoms with Crippen molar-refractivity contribution in [1.29, 1.82) is 0 Å². The number of nitrogens with two attached hydrogens (primary N) is 2. The summed E-state index contributed by atoms with van der Waals surface area (Å²) in [6.45, 7) is 10.9. The standard InChI is InChI=1S/C35H60N12O9/c1-18(2)11-25(46-33(55)27(13-24-14-38-17-41-24)47-34(56)29(21(6)49)43-22(7)50)31(53)40-15-28(51)45-26(12-19(3)4)32(54)42-20(5)30(52)44-23(16-48)9-8-10-39-35(36)37/h14,16-21,23,25-27,29,49H,8-13,15H2,1-7H3,(H,38,41)(H,40,53)(H,42,54)(H,43,50)(H,44,52)(H,45,51)(H,46,55)(H,47,56)(H4,36,37,39)/t20-,21+,23-,25-,26-,27-,29-/m0/s1. The maximum absolute atomic E-state index is 13.6. The number of aldehydes is 1. The van der Waals surface area contributed by atoms with Gasteiger partial charge in [0.15, 0.2) is 5.96 Å². The van der Waals surface area contributed by atoms with Crippen molar-refractivity contribution in [1.82, 2.24) is 47.2 Å². The quantitative estimate of drug-likeness (QED) is 0.0201. The fourth-order valence-electron chi connectivity index (χ4n) is 5.31. The number of nitrogens with zero attached hydrogens (tertiary/aromatic N) is 2. The highest BCUT2D eigenvalue weighted by molar-refractivity contribution is 5.96. The molecule has 0 saturated carbocycles. The Hall–Kier alpha value is -5.60. The molecule has 56 heavy (non-hydrogen) atoms. The molecule has 1 aromatic heterocycles. The van der Waals surface area contributed by atoms with E-state index in [9.17, 15) is 43.5 Å². The number of imidazole rings is 1. The molecule has 0 saturated heterocycles. The highest BCUT2D eigenvalue weighted by atomic mass is 16.3. The molecule has 0 bridgehead atoms. The molecule has 1 rings (SSSR count). The van der Waals surface area contributed by atoms with E-state index in [1.54, 1.807) is 0 Å². The number of aliphatic hydroxyl groups excluding tert-OH is 1. The minimum Gasteiger partial charge on any atom is -0.391 e. The molecular weight excluding hydrogens is 732 g/mol. The number of aromatic amines is 1. The van der Waals surface area contributed by atoms with Crippen LogP contribution in [-0.4, -0.2) is 124 Å². The molecule has 0 radical (unpaired) electrons. The fraction of sp³-hybridized carbons (Fsp3) is 0.657. The van der Waals surface area contributed by atoms with E-state index in [0.717, 1.165) is 0 Å². The van der Waals surface area contributed by atoms with Crippen LogP contribution in [-0.2, 0) is 44.8 Å². The first-order valence-electron chi connectivity index (χ1n) is 18.5. The molecule has 21 nitrogen and oxygen atoms in total. The zero-order valence-electron chi connectivity index (χ0n) is 33.1. The average molecular weight is 793 g/mol. The molecule has 0 unspecified atom stereocenters. The lowest BCUT2D eigenvalue weighted by molar-refractivity contribution is -0.135. The molecular formula is C35H60N12O9. The van der Waals surface area contributed by atoms with Crippen LogP contribution in [0.4, 0.5) is 0 Å². The van der Waals surface area contributed by atoms with Crippen LogP contribution in [0, 0.1) is 11.8 Å². The van der Waals surface area contributed by atoms with Crippen LogP contribution >= 0.6 is 0 Å². The maximum Gasteiger partial charge on any atom is 0.245 e. The summed E-state index contributed by atoms with van der Waals surface area (Å²) < 4.78 is 0. The van der Waals surface area contributed by atoms with Gasteiger partial charge in [0.1, 0.15) is 36.5 Å². The van der Waals surface area contributed by atoms with Crippen LogP contribution in [0.3, 0.4) is 0 Å². The largest absolute Gasteiger partial charge is 0.391 e. The van der Waals surface area contributed by atoms with Gasteiger partial charge in [0.2, 0.25) is 41.4 Å². The van der Waals surface area contributed by atoms with Gasteiger partial charge in [-0.25, -0.2) is 4.98 Å². The smallest absolute Gasteiger partial charge is 0.245 e. The Morgan fingerprint density at radius 3 is 1.91 bits per heavy atom. The van der Waals surface area contributed by atoms with E-state index in [2.05, 4.69) is 52.2 Å². The van der Waals surface area contributed by atoms with Gasteiger partial charge in [-0.1, -0.05) is 27.7 Å². The predicted octanol–water partition coefficient (Wildman–Crippen LogP) is -3.26. The van der Waals surface area contributed by atoms with Crippen molar-refractivity contribution in [3.05, 3.63) is 18.2 Å². The molecule has 7 amide bonds. The summed E-state index contributed by atoms with van der Waals surface area (Å²) in [5, 5.41) is 27.7. The normalized spacial score (nSPS) is 14.8. The summed E-state index contributed by atoms with van der Waals surface area (Å²) in [5.41, 5.74) is 11.1. The molecule has 0 spiro atoms. The Labute approximate surface area is 326 Å². The Bertz CT molecular complexity index is 1500. The molecule has 0 fully saturated rings. The van der Waals surface area contributed by atoms with E-state index in [-0.39, 0.29) is 50.0 Å². The lowest BCUT2D eigenvalue weighted by Crippen LogP contribution is -2.59. The summed E-state index contributed by atoms with van der Waals surface area (Å²) in [6, 6.07) is -6.79. The average Bonchev–Trinajstić information content (AvgIpc) is 3.62. The third-order valence-corrected chi connectivity index (χ3v) is 8.07. The first-order valence-corrected chi connectivity index (χ1v) is 18.5. The second kappa shape index (κ2) is 24.7. The van der Waals surface area contributed by atoms with Crippen molar-refractivity contribution >= 4 is 53.6 Å². The lowest BCUT2D eigenvalue weighted by atomic mass is 10.0. The number of aromatic nitrogens is 2. The van der Waals surface area contributed by atoms with E-state index in [1.165, 1.54) is 33.3 Å². The molecule has 13 N–H and O–H groups in total. The number of aliphatic imine (C=N–C) groups is 1. The number of guanidine groups is 1. The van der Waals surface area contributed by atoms with Crippen molar-refractivity contribution in [3.8, 4) is 0 Å². The Balaban J connectivity index is 2.98. The van der Waals surface area contributed by atoms with Crippen LogP contribution in [0.25, 0.3) is 0 Å². The second-order valence-electron chi connectivity index (χ2n) is 14.3. The number of aliphatic hydroxyl groups is 1. The van der Waals surface area contributed by atoms with Crippen molar-refractivity contribution in [2.45, 2.75) is 123 Å². The van der Waals surface area contributed by atoms with Crippen molar-refractivity contribution in [2.24, 2.45) is 28.3 Å². The van der Waals surface area contributed by atoms with Gasteiger partial charge in [-0.05, 0) is 51.4 Å². The molecule has 314 valence electrons. The minimum atomic E-state index is -1.37. The van der Waals surface area contributed by atoms with Crippen LogP contribution in [0.2, 0.25) is 0 Å². The maximum atomic E-state index is 13.6. The Morgan fingerprint density at radius 2 is 1.39 bits per heavy atom. The molecule has 0 aliphatic carbocycles. The van der Waals surface area contributed by atoms with E-state index >= 15 is 0 Å². The van der Waals surface area contributed by atoms with E-state index < -0.39 is 90.3 Å². The summed E-state index contributed by atoms with van der Waals surface area (Å²) in [6.07, 6.45) is 3.02. The predicted molar refractivity (Wildman–Crippen MR) is 205 cm³/mol. The Morgan fingerprint density at radius 1 is 0.804 bits per heavy atom. The second-order valence-corrected chi connectivity index (χ2v) is 14.3. The number of hydrogen-bond donors (Lipinski definition) is 11. The minimum absolute atomic E-state index is 0.0654. The van der Waals surface area contributed by atoms with E-state index in [0.29, 0.717) is 18.4 Å². The molecule has 0 aromatic carbocycles. The van der Waals surface area contributed by atoms with E-state index in [4.69, 9.17) is 11.5 Å². The SMILES string of the molecule is CC(=O)N[C@H](C(=O)N[C@@H](Cc1cnc[nH]1)C(=O)N[C@@H](CC(C)C)C(=O)NCC(=O)N[C@@H](CC(C)C)C(=O)N[C@@H](C)C(=O)N[C@H](C=O)CCCN=C(N)N)[C@@H](C)O. The van der Waals surface area contributed by atoms with Gasteiger partial charge in [0.25, 0.3) is 0 Å².